The second-order valence-electron chi connectivity index (χ2n) is 10.8. The zero-order chi connectivity index (χ0) is 27.4. The molecular formula is C30H31ClN4O4. The molecule has 202 valence electrons. The number of fused-ring (bicyclic) bond motifs is 6. The minimum atomic E-state index is -0.688. The molecule has 3 heterocycles. The SMILES string of the molecule is COC(=O)N[C@H](C(=O)N1[C@@H](C)CC[C@H]1c1nc2ccc3cc4c(cc3c2[nH]1)OCc1cc(Cl)ccc1-4)C(C)C. The lowest BCUT2D eigenvalue weighted by molar-refractivity contribution is -0.137. The quantitative estimate of drug-likeness (QED) is 0.310. The van der Waals surface area contributed by atoms with E-state index in [0.29, 0.717) is 11.6 Å². The van der Waals surface area contributed by atoms with Crippen LogP contribution in [0.5, 0.6) is 5.75 Å². The number of hydrogen-bond donors (Lipinski definition) is 2. The topological polar surface area (TPSA) is 96.5 Å². The second kappa shape index (κ2) is 9.75. The molecule has 3 aromatic carbocycles. The number of carbonyl (C=O) groups excluding carboxylic acids is 2. The Morgan fingerprint density at radius 2 is 1.97 bits per heavy atom. The summed E-state index contributed by atoms with van der Waals surface area (Å²) >= 11 is 6.21. The Bertz CT molecular complexity index is 1610. The number of nitrogens with one attached hydrogen (secondary N) is 2. The maximum Gasteiger partial charge on any atom is 0.407 e. The van der Waals surface area contributed by atoms with Crippen LogP contribution in [-0.4, -0.2) is 46.1 Å². The highest BCUT2D eigenvalue weighted by Crippen LogP contribution is 2.43. The van der Waals surface area contributed by atoms with Crippen molar-refractivity contribution in [2.45, 2.75) is 58.3 Å². The highest BCUT2D eigenvalue weighted by molar-refractivity contribution is 6.30. The van der Waals surface area contributed by atoms with Gasteiger partial charge >= 0.3 is 6.09 Å². The van der Waals surface area contributed by atoms with Crippen molar-refractivity contribution < 1.29 is 19.1 Å². The van der Waals surface area contributed by atoms with E-state index in [-0.39, 0.29) is 23.9 Å². The summed E-state index contributed by atoms with van der Waals surface area (Å²) in [5, 5.41) is 5.50. The fourth-order valence-electron chi connectivity index (χ4n) is 5.92. The number of halogens is 1. The first-order valence-electron chi connectivity index (χ1n) is 13.3. The summed E-state index contributed by atoms with van der Waals surface area (Å²) in [5.41, 5.74) is 4.98. The van der Waals surface area contributed by atoms with Crippen LogP contribution in [-0.2, 0) is 16.1 Å². The van der Waals surface area contributed by atoms with E-state index in [9.17, 15) is 9.59 Å². The van der Waals surface area contributed by atoms with Crippen LogP contribution in [0.2, 0.25) is 5.02 Å². The first kappa shape index (κ1) is 25.5. The smallest absolute Gasteiger partial charge is 0.407 e. The molecular weight excluding hydrogens is 516 g/mol. The molecule has 0 radical (unpaired) electrons. The predicted octanol–water partition coefficient (Wildman–Crippen LogP) is 6.36. The van der Waals surface area contributed by atoms with E-state index in [0.717, 1.165) is 62.9 Å². The standard InChI is InChI=1S/C30H31ClN4O4/c1-15(2)26(34-30(37)38-4)29(36)35-16(3)5-10-24(35)28-32-23-9-6-17-12-22-20-8-7-19(31)11-18(20)14-39-25(22)13-21(17)27(23)33-28/h6-9,11-13,15-16,24,26H,5,10,14H2,1-4H3,(H,32,33)(H,34,37)/t16-,24-,26-/m0/s1. The molecule has 2 aliphatic heterocycles. The highest BCUT2D eigenvalue weighted by Gasteiger charge is 2.41. The molecule has 9 heteroatoms. The normalized spacial score (nSPS) is 19.1. The number of benzene rings is 3. The van der Waals surface area contributed by atoms with Gasteiger partial charge in [-0.3, -0.25) is 4.79 Å². The number of alkyl carbamates (subject to hydrolysis) is 1. The molecule has 4 aromatic rings. The van der Waals surface area contributed by atoms with Crippen LogP contribution >= 0.6 is 11.6 Å². The number of amides is 2. The van der Waals surface area contributed by atoms with E-state index < -0.39 is 12.1 Å². The van der Waals surface area contributed by atoms with Gasteiger partial charge in [-0.25, -0.2) is 9.78 Å². The van der Waals surface area contributed by atoms with Crippen LogP contribution < -0.4 is 10.1 Å². The fourth-order valence-corrected chi connectivity index (χ4v) is 6.12. The van der Waals surface area contributed by atoms with Crippen molar-refractivity contribution in [1.82, 2.24) is 20.2 Å². The molecule has 6 rings (SSSR count). The summed E-state index contributed by atoms with van der Waals surface area (Å²) in [6, 6.07) is 13.3. The molecule has 1 aromatic heterocycles. The van der Waals surface area contributed by atoms with Gasteiger partial charge in [0.2, 0.25) is 5.91 Å². The average Bonchev–Trinajstić information content (AvgIpc) is 3.53. The number of imidazole rings is 1. The number of H-pyrrole nitrogens is 1. The van der Waals surface area contributed by atoms with Crippen molar-refractivity contribution in [3.05, 3.63) is 58.9 Å². The summed E-state index contributed by atoms with van der Waals surface area (Å²) in [5.74, 6) is 1.34. The van der Waals surface area contributed by atoms with Gasteiger partial charge in [-0.15, -0.1) is 0 Å². The number of hydrogen-bond acceptors (Lipinski definition) is 5. The number of ether oxygens (including phenoxy) is 2. The van der Waals surface area contributed by atoms with Crippen LogP contribution in [0.15, 0.2) is 42.5 Å². The largest absolute Gasteiger partial charge is 0.488 e. The van der Waals surface area contributed by atoms with Gasteiger partial charge in [-0.2, -0.15) is 0 Å². The van der Waals surface area contributed by atoms with Crippen LogP contribution in [0, 0.1) is 5.92 Å². The summed E-state index contributed by atoms with van der Waals surface area (Å²) < 4.78 is 10.9. The Morgan fingerprint density at radius 1 is 1.15 bits per heavy atom. The Balaban J connectivity index is 1.38. The van der Waals surface area contributed by atoms with Crippen molar-refractivity contribution in [3.63, 3.8) is 0 Å². The molecule has 1 fully saturated rings. The maximum atomic E-state index is 13.7. The van der Waals surface area contributed by atoms with E-state index in [2.05, 4.69) is 28.5 Å². The summed E-state index contributed by atoms with van der Waals surface area (Å²) in [6.45, 7) is 6.33. The summed E-state index contributed by atoms with van der Waals surface area (Å²) in [7, 11) is 1.30. The van der Waals surface area contributed by atoms with Gasteiger partial charge in [0.1, 0.15) is 24.2 Å². The number of nitrogens with zero attached hydrogens (tertiary/aromatic N) is 2. The zero-order valence-corrected chi connectivity index (χ0v) is 23.1. The summed E-state index contributed by atoms with van der Waals surface area (Å²) in [4.78, 5) is 36.1. The first-order chi connectivity index (χ1) is 18.7. The Kier molecular flexibility index (Phi) is 6.38. The van der Waals surface area contributed by atoms with Crippen molar-refractivity contribution in [3.8, 4) is 16.9 Å². The molecule has 0 bridgehead atoms. The van der Waals surface area contributed by atoms with Gasteiger partial charge in [0.25, 0.3) is 0 Å². The number of aromatic amines is 1. The third-order valence-corrected chi connectivity index (χ3v) is 8.20. The number of likely N-dealkylation sites (tertiary alicyclic amines) is 1. The molecule has 2 aliphatic rings. The van der Waals surface area contributed by atoms with Gasteiger partial charge in [-0.1, -0.05) is 37.6 Å². The average molecular weight is 547 g/mol. The Hall–Kier alpha value is -3.78. The van der Waals surface area contributed by atoms with E-state index >= 15 is 0 Å². The van der Waals surface area contributed by atoms with Gasteiger partial charge in [0, 0.05) is 22.0 Å². The number of rotatable bonds is 4. The lowest BCUT2D eigenvalue weighted by Crippen LogP contribution is -2.52. The summed E-state index contributed by atoms with van der Waals surface area (Å²) in [6.07, 6.45) is 1.02. The minimum Gasteiger partial charge on any atom is -0.488 e. The van der Waals surface area contributed by atoms with E-state index in [1.165, 1.54) is 7.11 Å². The van der Waals surface area contributed by atoms with Gasteiger partial charge in [0.15, 0.2) is 0 Å². The van der Waals surface area contributed by atoms with Gasteiger partial charge in [0.05, 0.1) is 24.2 Å². The predicted molar refractivity (Wildman–Crippen MR) is 151 cm³/mol. The molecule has 3 atom stereocenters. The number of aromatic nitrogens is 2. The third-order valence-electron chi connectivity index (χ3n) is 7.96. The molecule has 8 nitrogen and oxygen atoms in total. The van der Waals surface area contributed by atoms with Gasteiger partial charge in [-0.05, 0) is 72.5 Å². The third kappa shape index (κ3) is 4.36. The zero-order valence-electron chi connectivity index (χ0n) is 22.4. The van der Waals surface area contributed by atoms with Crippen LogP contribution in [0.25, 0.3) is 32.9 Å². The van der Waals surface area contributed by atoms with Crippen molar-refractivity contribution in [2.24, 2.45) is 5.92 Å². The monoisotopic (exact) mass is 546 g/mol. The Morgan fingerprint density at radius 3 is 2.74 bits per heavy atom. The fraction of sp³-hybridized carbons (Fsp3) is 0.367. The second-order valence-corrected chi connectivity index (χ2v) is 11.2. The van der Waals surface area contributed by atoms with Crippen LogP contribution in [0.4, 0.5) is 4.79 Å². The Labute approximate surface area is 231 Å². The molecule has 0 spiro atoms. The van der Waals surface area contributed by atoms with Crippen molar-refractivity contribution in [2.75, 3.05) is 7.11 Å². The molecule has 0 saturated carbocycles. The molecule has 2 amide bonds. The highest BCUT2D eigenvalue weighted by atomic mass is 35.5. The van der Waals surface area contributed by atoms with Crippen LogP contribution in [0.1, 0.15) is 51.0 Å². The molecule has 2 N–H and O–H groups in total. The molecule has 39 heavy (non-hydrogen) atoms. The molecule has 0 aliphatic carbocycles. The minimum absolute atomic E-state index is 0.0159. The molecule has 0 unspecified atom stereocenters. The molecule has 1 saturated heterocycles. The first-order valence-corrected chi connectivity index (χ1v) is 13.7. The maximum absolute atomic E-state index is 13.7. The van der Waals surface area contributed by atoms with E-state index in [4.69, 9.17) is 26.1 Å². The van der Waals surface area contributed by atoms with E-state index in [1.54, 1.807) is 0 Å². The van der Waals surface area contributed by atoms with Crippen molar-refractivity contribution in [1.29, 1.82) is 0 Å². The van der Waals surface area contributed by atoms with Gasteiger partial charge < -0.3 is 24.7 Å². The lowest BCUT2D eigenvalue weighted by atomic mass is 9.94. The van der Waals surface area contributed by atoms with E-state index in [1.807, 2.05) is 49.9 Å². The lowest BCUT2D eigenvalue weighted by Gasteiger charge is -2.32. The van der Waals surface area contributed by atoms with Crippen LogP contribution in [0.3, 0.4) is 0 Å². The number of methoxy groups -OCH3 is 1. The number of carbonyl (C=O) groups is 2. The van der Waals surface area contributed by atoms with Crippen molar-refractivity contribution >= 4 is 45.4 Å².